The van der Waals surface area contributed by atoms with Gasteiger partial charge in [0.25, 0.3) is 0 Å². The minimum Gasteiger partial charge on any atom is -0.356 e. The smallest absolute Gasteiger partial charge is 0.222 e. The Labute approximate surface area is 134 Å². The third-order valence-electron chi connectivity index (χ3n) is 3.70. The van der Waals surface area contributed by atoms with Crippen molar-refractivity contribution in [1.82, 2.24) is 15.5 Å². The van der Waals surface area contributed by atoms with E-state index in [1.54, 1.807) is 0 Å². The Morgan fingerprint density at radius 2 is 2.05 bits per heavy atom. The van der Waals surface area contributed by atoms with Gasteiger partial charge < -0.3 is 15.5 Å². The molecule has 0 aromatic heterocycles. The summed E-state index contributed by atoms with van der Waals surface area (Å²) in [5, 5.41) is 6.11. The van der Waals surface area contributed by atoms with Crippen LogP contribution in [0.2, 0.25) is 0 Å². The van der Waals surface area contributed by atoms with E-state index in [2.05, 4.69) is 22.5 Å². The number of nitrogens with one attached hydrogen (secondary N) is 2. The topological polar surface area (TPSA) is 61.4 Å². The van der Waals surface area contributed by atoms with Gasteiger partial charge in [-0.2, -0.15) is 0 Å². The highest BCUT2D eigenvalue weighted by Crippen LogP contribution is 2.12. The van der Waals surface area contributed by atoms with E-state index >= 15 is 0 Å². The fourth-order valence-electron chi connectivity index (χ4n) is 2.64. The van der Waals surface area contributed by atoms with Crippen molar-refractivity contribution in [3.63, 3.8) is 0 Å². The fraction of sp³-hybridized carbons (Fsp3) is 0.867. The van der Waals surface area contributed by atoms with E-state index in [4.69, 9.17) is 0 Å². The van der Waals surface area contributed by atoms with E-state index in [0.717, 1.165) is 58.3 Å². The largest absolute Gasteiger partial charge is 0.356 e. The molecule has 124 valence electrons. The zero-order valence-corrected chi connectivity index (χ0v) is 14.1. The zero-order chi connectivity index (χ0) is 14.8. The summed E-state index contributed by atoms with van der Waals surface area (Å²) in [4.78, 5) is 25.1. The molecule has 0 spiro atoms. The van der Waals surface area contributed by atoms with Gasteiger partial charge in [0.1, 0.15) is 0 Å². The van der Waals surface area contributed by atoms with Crippen molar-refractivity contribution >= 4 is 24.2 Å². The molecule has 1 rings (SSSR count). The summed E-state index contributed by atoms with van der Waals surface area (Å²) < 4.78 is 0. The van der Waals surface area contributed by atoms with Crippen LogP contribution in [0.15, 0.2) is 0 Å². The van der Waals surface area contributed by atoms with Gasteiger partial charge in [0.05, 0.1) is 0 Å². The molecule has 0 aliphatic carbocycles. The van der Waals surface area contributed by atoms with Crippen molar-refractivity contribution in [3.8, 4) is 0 Å². The standard InChI is InChI=1S/C15H29N3O2.ClH/c1-3-11-18(14-8-10-16-12-14)15(20)7-5-4-6-9-17-13(2)19;/h14,16H,3-12H2,1-2H3,(H,17,19);1H. The van der Waals surface area contributed by atoms with Crippen LogP contribution in [0.4, 0.5) is 0 Å². The Bertz CT molecular complexity index is 307. The molecule has 1 fully saturated rings. The molecule has 0 bridgehead atoms. The molecular formula is C15H30ClN3O2. The zero-order valence-electron chi connectivity index (χ0n) is 13.3. The maximum atomic E-state index is 12.3. The first kappa shape index (κ1) is 20.2. The second-order valence-corrected chi connectivity index (χ2v) is 5.53. The van der Waals surface area contributed by atoms with Crippen LogP contribution in [0, 0.1) is 0 Å². The maximum absolute atomic E-state index is 12.3. The quantitative estimate of drug-likeness (QED) is 0.636. The second-order valence-electron chi connectivity index (χ2n) is 5.53. The van der Waals surface area contributed by atoms with E-state index in [0.29, 0.717) is 18.4 Å². The molecule has 1 heterocycles. The van der Waals surface area contributed by atoms with Gasteiger partial charge in [-0.25, -0.2) is 0 Å². The molecule has 1 saturated heterocycles. The van der Waals surface area contributed by atoms with Crippen LogP contribution in [-0.4, -0.2) is 48.9 Å². The van der Waals surface area contributed by atoms with Gasteiger partial charge in [-0.3, -0.25) is 9.59 Å². The molecular weight excluding hydrogens is 290 g/mol. The Balaban J connectivity index is 0.00000400. The van der Waals surface area contributed by atoms with Gasteiger partial charge in [-0.05, 0) is 32.2 Å². The summed E-state index contributed by atoms with van der Waals surface area (Å²) in [7, 11) is 0. The van der Waals surface area contributed by atoms with Crippen molar-refractivity contribution in [2.45, 2.75) is 58.4 Å². The van der Waals surface area contributed by atoms with E-state index in [1.807, 2.05) is 0 Å². The maximum Gasteiger partial charge on any atom is 0.222 e. The monoisotopic (exact) mass is 319 g/mol. The number of amides is 2. The van der Waals surface area contributed by atoms with Crippen molar-refractivity contribution in [2.24, 2.45) is 0 Å². The molecule has 2 amide bonds. The van der Waals surface area contributed by atoms with Crippen LogP contribution >= 0.6 is 12.4 Å². The van der Waals surface area contributed by atoms with E-state index < -0.39 is 0 Å². The predicted molar refractivity (Wildman–Crippen MR) is 87.7 cm³/mol. The van der Waals surface area contributed by atoms with Gasteiger partial charge in [0, 0.05) is 39.0 Å². The minimum atomic E-state index is 0. The van der Waals surface area contributed by atoms with Gasteiger partial charge in [0.2, 0.25) is 11.8 Å². The van der Waals surface area contributed by atoms with E-state index in [9.17, 15) is 9.59 Å². The first-order valence-electron chi connectivity index (χ1n) is 7.89. The molecule has 1 unspecified atom stereocenters. The van der Waals surface area contributed by atoms with Gasteiger partial charge in [0.15, 0.2) is 0 Å². The van der Waals surface area contributed by atoms with Crippen LogP contribution in [0.3, 0.4) is 0 Å². The molecule has 0 aromatic rings. The van der Waals surface area contributed by atoms with Gasteiger partial charge in [-0.1, -0.05) is 13.3 Å². The lowest BCUT2D eigenvalue weighted by molar-refractivity contribution is -0.133. The third-order valence-corrected chi connectivity index (χ3v) is 3.70. The molecule has 1 aliphatic rings. The lowest BCUT2D eigenvalue weighted by Gasteiger charge is -2.28. The highest BCUT2D eigenvalue weighted by atomic mass is 35.5. The number of carbonyl (C=O) groups excluding carboxylic acids is 2. The summed E-state index contributed by atoms with van der Waals surface area (Å²) in [6.45, 7) is 7.20. The number of nitrogens with zero attached hydrogens (tertiary/aromatic N) is 1. The fourth-order valence-corrected chi connectivity index (χ4v) is 2.64. The average Bonchev–Trinajstić information content (AvgIpc) is 2.93. The summed E-state index contributed by atoms with van der Waals surface area (Å²) >= 11 is 0. The van der Waals surface area contributed by atoms with E-state index in [1.165, 1.54) is 6.92 Å². The van der Waals surface area contributed by atoms with Crippen LogP contribution in [0.25, 0.3) is 0 Å². The summed E-state index contributed by atoms with van der Waals surface area (Å²) in [6, 6.07) is 0.391. The Morgan fingerprint density at radius 3 is 2.62 bits per heavy atom. The predicted octanol–water partition coefficient (Wildman–Crippen LogP) is 1.71. The van der Waals surface area contributed by atoms with E-state index in [-0.39, 0.29) is 18.3 Å². The normalized spacial score (nSPS) is 17.1. The molecule has 21 heavy (non-hydrogen) atoms. The molecule has 1 atom stereocenters. The van der Waals surface area contributed by atoms with Crippen LogP contribution in [0.1, 0.15) is 52.4 Å². The Kier molecular flexibility index (Phi) is 11.4. The molecule has 0 saturated carbocycles. The third kappa shape index (κ3) is 8.27. The minimum absolute atomic E-state index is 0. The summed E-state index contributed by atoms with van der Waals surface area (Å²) in [6.07, 6.45) is 5.59. The van der Waals surface area contributed by atoms with Crippen molar-refractivity contribution in [3.05, 3.63) is 0 Å². The van der Waals surface area contributed by atoms with Crippen molar-refractivity contribution < 1.29 is 9.59 Å². The number of hydrogen-bond donors (Lipinski definition) is 2. The summed E-state index contributed by atoms with van der Waals surface area (Å²) in [5.41, 5.74) is 0. The van der Waals surface area contributed by atoms with Crippen LogP contribution < -0.4 is 10.6 Å². The molecule has 0 aromatic carbocycles. The van der Waals surface area contributed by atoms with Crippen LogP contribution in [-0.2, 0) is 9.59 Å². The molecule has 6 heteroatoms. The molecule has 2 N–H and O–H groups in total. The first-order valence-corrected chi connectivity index (χ1v) is 7.89. The Hall–Kier alpha value is -0.810. The lowest BCUT2D eigenvalue weighted by atomic mass is 10.1. The van der Waals surface area contributed by atoms with Gasteiger partial charge in [-0.15, -0.1) is 12.4 Å². The number of carbonyl (C=O) groups is 2. The van der Waals surface area contributed by atoms with Crippen molar-refractivity contribution in [2.75, 3.05) is 26.2 Å². The number of halogens is 1. The molecule has 0 radical (unpaired) electrons. The highest BCUT2D eigenvalue weighted by molar-refractivity contribution is 5.85. The highest BCUT2D eigenvalue weighted by Gasteiger charge is 2.25. The SMILES string of the molecule is CCCN(C(=O)CCCCCNC(C)=O)C1CCNC1.Cl. The number of hydrogen-bond acceptors (Lipinski definition) is 3. The number of unbranched alkanes of at least 4 members (excludes halogenated alkanes) is 2. The number of rotatable bonds is 9. The first-order chi connectivity index (χ1) is 9.65. The molecule has 5 nitrogen and oxygen atoms in total. The average molecular weight is 320 g/mol. The Morgan fingerprint density at radius 1 is 1.29 bits per heavy atom. The van der Waals surface area contributed by atoms with Gasteiger partial charge >= 0.3 is 0 Å². The molecule has 1 aliphatic heterocycles. The van der Waals surface area contributed by atoms with Crippen LogP contribution in [0.5, 0.6) is 0 Å². The second kappa shape index (κ2) is 11.8. The van der Waals surface area contributed by atoms with Crippen molar-refractivity contribution in [1.29, 1.82) is 0 Å². The summed E-state index contributed by atoms with van der Waals surface area (Å²) in [5.74, 6) is 0.309. The lowest BCUT2D eigenvalue weighted by Crippen LogP contribution is -2.42.